The fourth-order valence-corrected chi connectivity index (χ4v) is 3.55. The lowest BCUT2D eigenvalue weighted by Gasteiger charge is -2.29. The Bertz CT molecular complexity index is 1180. The Hall–Kier alpha value is -3.52. The van der Waals surface area contributed by atoms with Gasteiger partial charge >= 0.3 is 0 Å². The number of hydrogen-bond donors (Lipinski definition) is 4. The SMILES string of the molecule is CC(C)(C)[C@@H](CO)NC(=O)c1cc2cc(NC(=O)Cc3ccc4c(c3)OCO4)ccc2[nH]1.[HH].[HH].[HH]. The van der Waals surface area contributed by atoms with Crippen LogP contribution in [-0.2, 0) is 11.2 Å². The van der Waals surface area contributed by atoms with Gasteiger partial charge in [0.15, 0.2) is 11.5 Å². The van der Waals surface area contributed by atoms with Crippen LogP contribution < -0.4 is 20.1 Å². The monoisotopic (exact) mass is 443 g/mol. The highest BCUT2D eigenvalue weighted by molar-refractivity contribution is 6.00. The van der Waals surface area contributed by atoms with Gasteiger partial charge < -0.3 is 30.2 Å². The lowest BCUT2D eigenvalue weighted by Crippen LogP contribution is -2.46. The topological polar surface area (TPSA) is 113 Å². The molecule has 0 spiro atoms. The highest BCUT2D eigenvalue weighted by atomic mass is 16.7. The number of aliphatic hydroxyl groups excluding tert-OH is 1. The van der Waals surface area contributed by atoms with Gasteiger partial charge in [0, 0.05) is 20.9 Å². The number of rotatable bonds is 6. The zero-order chi connectivity index (χ0) is 22.9. The van der Waals surface area contributed by atoms with Crippen LogP contribution >= 0.6 is 0 Å². The Balaban J connectivity index is 0.00000204. The van der Waals surface area contributed by atoms with Gasteiger partial charge in [0.2, 0.25) is 12.7 Å². The van der Waals surface area contributed by atoms with E-state index in [1.54, 1.807) is 24.3 Å². The van der Waals surface area contributed by atoms with Crippen LogP contribution in [0, 0.1) is 5.41 Å². The molecule has 1 aliphatic rings. The molecule has 1 aromatic heterocycles. The maximum Gasteiger partial charge on any atom is 0.268 e. The van der Waals surface area contributed by atoms with Gasteiger partial charge in [-0.3, -0.25) is 9.59 Å². The second-order valence-corrected chi connectivity index (χ2v) is 8.97. The minimum Gasteiger partial charge on any atom is -0.454 e. The van der Waals surface area contributed by atoms with E-state index >= 15 is 0 Å². The first-order valence-electron chi connectivity index (χ1n) is 10.5. The van der Waals surface area contributed by atoms with Crippen LogP contribution in [0.3, 0.4) is 0 Å². The molecular weight excluding hydrogens is 410 g/mol. The smallest absolute Gasteiger partial charge is 0.268 e. The number of anilines is 1. The number of aromatic nitrogens is 1. The van der Waals surface area contributed by atoms with Crippen molar-refractivity contribution in [3.05, 3.63) is 53.7 Å². The maximum absolute atomic E-state index is 12.6. The number of amides is 2. The van der Waals surface area contributed by atoms with Crippen LogP contribution in [0.15, 0.2) is 42.5 Å². The summed E-state index contributed by atoms with van der Waals surface area (Å²) in [6.45, 7) is 5.92. The predicted octanol–water partition coefficient (Wildman–Crippen LogP) is 3.95. The molecule has 0 aliphatic carbocycles. The summed E-state index contributed by atoms with van der Waals surface area (Å²) in [6, 6.07) is 12.2. The molecule has 0 bridgehead atoms. The molecule has 174 valence electrons. The number of fused-ring (bicyclic) bond motifs is 2. The fourth-order valence-electron chi connectivity index (χ4n) is 3.55. The third kappa shape index (κ3) is 4.70. The quantitative estimate of drug-likeness (QED) is 0.461. The highest BCUT2D eigenvalue weighted by Gasteiger charge is 2.26. The minimum absolute atomic E-state index is 0. The number of ether oxygens (including phenoxy) is 2. The number of nitrogens with one attached hydrogen (secondary N) is 3. The molecule has 0 radical (unpaired) electrons. The molecule has 4 N–H and O–H groups in total. The fraction of sp³-hybridized carbons (Fsp3) is 0.333. The summed E-state index contributed by atoms with van der Waals surface area (Å²) in [5.74, 6) is 0.876. The second kappa shape index (κ2) is 8.55. The molecule has 0 fully saturated rings. The summed E-state index contributed by atoms with van der Waals surface area (Å²) in [5.41, 5.74) is 2.36. The summed E-state index contributed by atoms with van der Waals surface area (Å²) < 4.78 is 10.6. The summed E-state index contributed by atoms with van der Waals surface area (Å²) in [5, 5.41) is 16.1. The van der Waals surface area contributed by atoms with Crippen molar-refractivity contribution in [1.29, 1.82) is 0 Å². The zero-order valence-electron chi connectivity index (χ0n) is 18.3. The number of hydrogen-bond acceptors (Lipinski definition) is 5. The molecule has 4 rings (SSSR count). The minimum atomic E-state index is -0.368. The van der Waals surface area contributed by atoms with Gasteiger partial charge in [-0.15, -0.1) is 0 Å². The van der Waals surface area contributed by atoms with Gasteiger partial charge in [0.25, 0.3) is 5.91 Å². The van der Waals surface area contributed by atoms with Crippen molar-refractivity contribution < 1.29 is 28.4 Å². The molecule has 2 aromatic carbocycles. The van der Waals surface area contributed by atoms with E-state index < -0.39 is 0 Å². The van der Waals surface area contributed by atoms with Crippen molar-refractivity contribution in [3.8, 4) is 11.5 Å². The zero-order valence-corrected chi connectivity index (χ0v) is 18.3. The number of carbonyl (C=O) groups excluding carboxylic acids is 2. The lowest BCUT2D eigenvalue weighted by molar-refractivity contribution is -0.115. The van der Waals surface area contributed by atoms with Crippen LogP contribution in [0.4, 0.5) is 5.69 Å². The molecule has 0 saturated heterocycles. The van der Waals surface area contributed by atoms with Gasteiger partial charge in [-0.2, -0.15) is 0 Å². The normalized spacial score (nSPS) is 13.8. The predicted molar refractivity (Wildman–Crippen MR) is 127 cm³/mol. The summed E-state index contributed by atoms with van der Waals surface area (Å²) in [4.78, 5) is 28.2. The molecule has 32 heavy (non-hydrogen) atoms. The van der Waals surface area contributed by atoms with Gasteiger partial charge in [0.05, 0.1) is 19.1 Å². The molecule has 8 nitrogen and oxygen atoms in total. The van der Waals surface area contributed by atoms with E-state index in [2.05, 4.69) is 15.6 Å². The van der Waals surface area contributed by atoms with Crippen molar-refractivity contribution in [2.24, 2.45) is 5.41 Å². The first-order valence-corrected chi connectivity index (χ1v) is 10.5. The third-order valence-corrected chi connectivity index (χ3v) is 5.48. The number of H-pyrrole nitrogens is 1. The van der Waals surface area contributed by atoms with Crippen LogP contribution in [0.1, 0.15) is 41.1 Å². The standard InChI is InChI=1S/C24H27N3O5.3H2/c1-24(2,3)21(12-28)27-23(30)18-11-15-10-16(5-6-17(15)26-18)25-22(29)9-14-4-7-19-20(8-14)32-13-31-19;;;/h4-8,10-11,21,26,28H,9,12-13H2,1-3H3,(H,25,29)(H,27,30);3*1H/t21-;;;/m1.../s1. The van der Waals surface area contributed by atoms with E-state index in [0.717, 1.165) is 16.5 Å². The molecular formula is C24H33N3O5. The van der Waals surface area contributed by atoms with E-state index in [1.165, 1.54) is 0 Å². The summed E-state index contributed by atoms with van der Waals surface area (Å²) in [7, 11) is 0. The van der Waals surface area contributed by atoms with Crippen LogP contribution in [0.2, 0.25) is 0 Å². The van der Waals surface area contributed by atoms with Crippen LogP contribution in [0.25, 0.3) is 10.9 Å². The first-order chi connectivity index (χ1) is 15.2. The highest BCUT2D eigenvalue weighted by Crippen LogP contribution is 2.32. The number of carbonyl (C=O) groups is 2. The van der Waals surface area contributed by atoms with E-state index in [-0.39, 0.29) is 47.4 Å². The number of benzene rings is 2. The summed E-state index contributed by atoms with van der Waals surface area (Å²) >= 11 is 0. The van der Waals surface area contributed by atoms with Crippen molar-refractivity contribution in [2.45, 2.75) is 33.2 Å². The Kier molecular flexibility index (Phi) is 5.80. The van der Waals surface area contributed by atoms with Gasteiger partial charge in [-0.25, -0.2) is 0 Å². The Labute approximate surface area is 190 Å². The molecule has 0 saturated carbocycles. The molecule has 3 aromatic rings. The molecule has 1 atom stereocenters. The molecule has 0 unspecified atom stereocenters. The van der Waals surface area contributed by atoms with E-state index in [0.29, 0.717) is 22.9 Å². The number of aromatic amines is 1. The first kappa shape index (κ1) is 21.7. The maximum atomic E-state index is 12.6. The van der Waals surface area contributed by atoms with Gasteiger partial charge in [0.1, 0.15) is 5.69 Å². The average molecular weight is 444 g/mol. The van der Waals surface area contributed by atoms with E-state index in [9.17, 15) is 14.7 Å². The Morgan fingerprint density at radius 1 is 1.12 bits per heavy atom. The van der Waals surface area contributed by atoms with Gasteiger partial charge in [-0.05, 0) is 47.4 Å². The second-order valence-electron chi connectivity index (χ2n) is 8.97. The Morgan fingerprint density at radius 2 is 1.91 bits per heavy atom. The number of aliphatic hydroxyl groups is 1. The summed E-state index contributed by atoms with van der Waals surface area (Å²) in [6.07, 6.45) is 0.199. The van der Waals surface area contributed by atoms with Gasteiger partial charge in [-0.1, -0.05) is 26.8 Å². The molecule has 2 heterocycles. The molecule has 2 amide bonds. The lowest BCUT2D eigenvalue weighted by atomic mass is 9.87. The van der Waals surface area contributed by atoms with Crippen LogP contribution in [0.5, 0.6) is 11.5 Å². The average Bonchev–Trinajstić information content (AvgIpc) is 3.36. The Morgan fingerprint density at radius 3 is 2.66 bits per heavy atom. The van der Waals surface area contributed by atoms with Crippen molar-refractivity contribution >= 4 is 28.4 Å². The van der Waals surface area contributed by atoms with Crippen molar-refractivity contribution in [2.75, 3.05) is 18.7 Å². The molecule has 8 heteroatoms. The third-order valence-electron chi connectivity index (χ3n) is 5.48. The van der Waals surface area contributed by atoms with E-state index in [1.807, 2.05) is 39.0 Å². The van der Waals surface area contributed by atoms with Crippen molar-refractivity contribution in [3.63, 3.8) is 0 Å². The van der Waals surface area contributed by atoms with E-state index in [4.69, 9.17) is 9.47 Å². The largest absolute Gasteiger partial charge is 0.454 e. The van der Waals surface area contributed by atoms with Crippen LogP contribution in [-0.4, -0.2) is 41.3 Å². The van der Waals surface area contributed by atoms with Crippen molar-refractivity contribution in [1.82, 2.24) is 10.3 Å². The molecule has 1 aliphatic heterocycles.